The fraction of sp³-hybridized carbons (Fsp3) is 0.222. The standard InChI is InChI=1S/C18H18FN3O/c1-11(19)15-9-12(23-2)3-4-13(15)18-14-5-7-21-10-16(14)17(20)6-8-22-18/h3-7,9-11H,8,20H2,1-2H3. The van der Waals surface area contributed by atoms with E-state index in [4.69, 9.17) is 10.5 Å². The predicted molar refractivity (Wildman–Crippen MR) is 89.4 cm³/mol. The Bertz CT molecular complexity index is 797. The van der Waals surface area contributed by atoms with Crippen molar-refractivity contribution in [2.24, 2.45) is 10.7 Å². The van der Waals surface area contributed by atoms with E-state index in [1.54, 1.807) is 25.6 Å². The van der Waals surface area contributed by atoms with Gasteiger partial charge < -0.3 is 10.5 Å². The number of nitrogens with zero attached hydrogens (tertiary/aromatic N) is 2. The van der Waals surface area contributed by atoms with E-state index < -0.39 is 6.17 Å². The third-order valence-corrected chi connectivity index (χ3v) is 3.89. The van der Waals surface area contributed by atoms with Gasteiger partial charge in [0.2, 0.25) is 0 Å². The number of aromatic nitrogens is 1. The highest BCUT2D eigenvalue weighted by Gasteiger charge is 2.20. The van der Waals surface area contributed by atoms with Crippen molar-refractivity contribution in [1.29, 1.82) is 0 Å². The predicted octanol–water partition coefficient (Wildman–Crippen LogP) is 3.27. The van der Waals surface area contributed by atoms with Crippen molar-refractivity contribution < 1.29 is 9.13 Å². The molecule has 118 valence electrons. The lowest BCUT2D eigenvalue weighted by molar-refractivity contribution is 0.369. The molecule has 2 N–H and O–H groups in total. The molecule has 23 heavy (non-hydrogen) atoms. The van der Waals surface area contributed by atoms with Crippen molar-refractivity contribution in [3.05, 3.63) is 65.0 Å². The normalized spacial score (nSPS) is 15.1. The fourth-order valence-corrected chi connectivity index (χ4v) is 2.70. The van der Waals surface area contributed by atoms with Crippen LogP contribution in [0.5, 0.6) is 5.75 Å². The number of pyridine rings is 1. The summed E-state index contributed by atoms with van der Waals surface area (Å²) < 4.78 is 19.4. The zero-order chi connectivity index (χ0) is 16.4. The van der Waals surface area contributed by atoms with Gasteiger partial charge in [-0.25, -0.2) is 4.39 Å². The molecule has 0 saturated carbocycles. The Balaban J connectivity index is 2.20. The maximum atomic E-state index is 14.2. The summed E-state index contributed by atoms with van der Waals surface area (Å²) in [6.45, 7) is 1.96. The summed E-state index contributed by atoms with van der Waals surface area (Å²) in [5.41, 5.74) is 10.4. The second-order valence-electron chi connectivity index (χ2n) is 5.34. The van der Waals surface area contributed by atoms with E-state index in [9.17, 15) is 4.39 Å². The first-order valence-electron chi connectivity index (χ1n) is 7.39. The highest BCUT2D eigenvalue weighted by molar-refractivity contribution is 6.16. The van der Waals surface area contributed by atoms with Crippen LogP contribution in [0.1, 0.15) is 35.3 Å². The molecule has 0 saturated heterocycles. The molecule has 1 aliphatic rings. The van der Waals surface area contributed by atoms with Crippen molar-refractivity contribution in [1.82, 2.24) is 4.98 Å². The lowest BCUT2D eigenvalue weighted by Crippen LogP contribution is -2.11. The third-order valence-electron chi connectivity index (χ3n) is 3.89. The van der Waals surface area contributed by atoms with Crippen LogP contribution in [-0.4, -0.2) is 24.4 Å². The molecule has 4 nitrogen and oxygen atoms in total. The zero-order valence-corrected chi connectivity index (χ0v) is 13.1. The Morgan fingerprint density at radius 1 is 1.22 bits per heavy atom. The summed E-state index contributed by atoms with van der Waals surface area (Å²) in [5, 5.41) is 0. The molecule has 0 aliphatic carbocycles. The highest BCUT2D eigenvalue weighted by atomic mass is 19.1. The largest absolute Gasteiger partial charge is 0.497 e. The van der Waals surface area contributed by atoms with E-state index in [-0.39, 0.29) is 0 Å². The molecular formula is C18H18FN3O. The number of hydrogen-bond acceptors (Lipinski definition) is 4. The van der Waals surface area contributed by atoms with Gasteiger partial charge in [0.1, 0.15) is 11.9 Å². The molecule has 1 atom stereocenters. The van der Waals surface area contributed by atoms with Crippen molar-refractivity contribution in [2.45, 2.75) is 13.1 Å². The van der Waals surface area contributed by atoms with Crippen molar-refractivity contribution in [2.75, 3.05) is 13.7 Å². The Kier molecular flexibility index (Phi) is 4.10. The van der Waals surface area contributed by atoms with Crippen LogP contribution < -0.4 is 10.5 Å². The van der Waals surface area contributed by atoms with Crippen LogP contribution in [0.25, 0.3) is 5.70 Å². The van der Waals surface area contributed by atoms with E-state index in [0.29, 0.717) is 23.6 Å². The van der Waals surface area contributed by atoms with Gasteiger partial charge in [-0.1, -0.05) is 0 Å². The first-order chi connectivity index (χ1) is 11.1. The van der Waals surface area contributed by atoms with E-state index in [1.165, 1.54) is 6.92 Å². The molecule has 3 rings (SSSR count). The molecule has 2 heterocycles. The minimum absolute atomic E-state index is 0.446. The number of methoxy groups -OCH3 is 1. The van der Waals surface area contributed by atoms with Gasteiger partial charge in [-0.2, -0.15) is 0 Å². The molecule has 0 fully saturated rings. The summed E-state index contributed by atoms with van der Waals surface area (Å²) in [7, 11) is 1.57. The fourth-order valence-electron chi connectivity index (χ4n) is 2.70. The average molecular weight is 311 g/mol. The first kappa shape index (κ1) is 15.2. The summed E-state index contributed by atoms with van der Waals surface area (Å²) >= 11 is 0. The molecule has 2 aromatic rings. The van der Waals surface area contributed by atoms with Gasteiger partial charge in [0, 0.05) is 34.8 Å². The quantitative estimate of drug-likeness (QED) is 0.946. The van der Waals surface area contributed by atoms with Gasteiger partial charge in [-0.3, -0.25) is 9.98 Å². The lowest BCUT2D eigenvalue weighted by atomic mass is 9.93. The number of aliphatic imine (C=N–C) groups is 1. The number of benzene rings is 1. The lowest BCUT2D eigenvalue weighted by Gasteiger charge is -2.16. The van der Waals surface area contributed by atoms with Gasteiger partial charge >= 0.3 is 0 Å². The maximum Gasteiger partial charge on any atom is 0.123 e. The molecule has 0 bridgehead atoms. The van der Waals surface area contributed by atoms with Gasteiger partial charge in [-0.05, 0) is 42.8 Å². The van der Waals surface area contributed by atoms with Crippen LogP contribution in [0, 0.1) is 0 Å². The smallest absolute Gasteiger partial charge is 0.123 e. The summed E-state index contributed by atoms with van der Waals surface area (Å²) in [6, 6.07) is 7.23. The van der Waals surface area contributed by atoms with Crippen molar-refractivity contribution >= 4 is 11.4 Å². The number of rotatable bonds is 3. The molecule has 1 unspecified atom stereocenters. The van der Waals surface area contributed by atoms with E-state index in [1.807, 2.05) is 24.3 Å². The monoisotopic (exact) mass is 311 g/mol. The minimum Gasteiger partial charge on any atom is -0.497 e. The zero-order valence-electron chi connectivity index (χ0n) is 13.1. The number of alkyl halides is 1. The minimum atomic E-state index is -1.14. The van der Waals surface area contributed by atoms with Gasteiger partial charge in [-0.15, -0.1) is 0 Å². The van der Waals surface area contributed by atoms with Gasteiger partial charge in [0.15, 0.2) is 0 Å². The second kappa shape index (κ2) is 6.20. The van der Waals surface area contributed by atoms with Crippen LogP contribution in [0.15, 0.2) is 47.7 Å². The first-order valence-corrected chi connectivity index (χ1v) is 7.39. The molecule has 1 aliphatic heterocycles. The number of halogens is 1. The molecule has 1 aromatic carbocycles. The van der Waals surface area contributed by atoms with E-state index >= 15 is 0 Å². The third kappa shape index (κ3) is 2.82. The van der Waals surface area contributed by atoms with E-state index in [0.717, 1.165) is 22.4 Å². The van der Waals surface area contributed by atoms with Crippen LogP contribution in [0.4, 0.5) is 4.39 Å². The van der Waals surface area contributed by atoms with Crippen LogP contribution >= 0.6 is 0 Å². The Morgan fingerprint density at radius 2 is 2.04 bits per heavy atom. The summed E-state index contributed by atoms with van der Waals surface area (Å²) in [4.78, 5) is 8.74. The Hall–Kier alpha value is -2.69. The molecular weight excluding hydrogens is 293 g/mol. The van der Waals surface area contributed by atoms with Crippen LogP contribution in [0.3, 0.4) is 0 Å². The van der Waals surface area contributed by atoms with Crippen molar-refractivity contribution in [3.8, 4) is 5.75 Å². The summed E-state index contributed by atoms with van der Waals surface area (Å²) in [5.74, 6) is 0.620. The van der Waals surface area contributed by atoms with Crippen LogP contribution in [-0.2, 0) is 0 Å². The summed E-state index contributed by atoms with van der Waals surface area (Å²) in [6.07, 6.45) is 4.11. The van der Waals surface area contributed by atoms with E-state index in [2.05, 4.69) is 9.98 Å². The topological polar surface area (TPSA) is 60.5 Å². The van der Waals surface area contributed by atoms with Gasteiger partial charge in [0.25, 0.3) is 0 Å². The number of fused-ring (bicyclic) bond motifs is 1. The SMILES string of the molecule is COc1ccc(C2=NCC=C(N)c3cnccc32)c(C(C)F)c1. The number of hydrogen-bond donors (Lipinski definition) is 1. The van der Waals surface area contributed by atoms with Crippen LogP contribution in [0.2, 0.25) is 0 Å². The molecule has 0 amide bonds. The molecule has 0 spiro atoms. The molecule has 0 radical (unpaired) electrons. The molecule has 1 aromatic heterocycles. The second-order valence-corrected chi connectivity index (χ2v) is 5.34. The average Bonchev–Trinajstić information content (AvgIpc) is 2.74. The number of nitrogens with two attached hydrogens (primary N) is 1. The maximum absolute atomic E-state index is 14.2. The van der Waals surface area contributed by atoms with Crippen molar-refractivity contribution in [3.63, 3.8) is 0 Å². The number of ether oxygens (including phenoxy) is 1. The Labute approximate surface area is 134 Å². The highest BCUT2D eigenvalue weighted by Crippen LogP contribution is 2.30. The molecule has 5 heteroatoms. The van der Waals surface area contributed by atoms with Gasteiger partial charge in [0.05, 0.1) is 19.4 Å². The Morgan fingerprint density at radius 3 is 2.78 bits per heavy atom.